The van der Waals surface area contributed by atoms with Crippen molar-refractivity contribution in [2.24, 2.45) is 5.92 Å². The van der Waals surface area contributed by atoms with Gasteiger partial charge in [-0.05, 0) is 30.2 Å². The second-order valence-electron chi connectivity index (χ2n) is 12.6. The lowest BCUT2D eigenvalue weighted by molar-refractivity contribution is -0.147. The van der Waals surface area contributed by atoms with Gasteiger partial charge in [0.25, 0.3) is 5.56 Å². The van der Waals surface area contributed by atoms with E-state index in [9.17, 15) is 19.5 Å². The molecule has 3 N–H and O–H groups in total. The van der Waals surface area contributed by atoms with Gasteiger partial charge >= 0.3 is 5.97 Å². The highest BCUT2D eigenvalue weighted by atomic mass is 35.5. The van der Waals surface area contributed by atoms with Crippen LogP contribution in [0, 0.1) is 5.92 Å². The molecule has 2 aliphatic heterocycles. The number of carboxylic acid groups (broad SMARTS) is 1. The Morgan fingerprint density at radius 2 is 1.72 bits per heavy atom. The predicted octanol–water partition coefficient (Wildman–Crippen LogP) is 5.29. The molecule has 5 aromatic rings. The molecule has 0 radical (unpaired) electrons. The summed E-state index contributed by atoms with van der Waals surface area (Å²) < 4.78 is 7.13. The fraction of sp³-hybridized carbons (Fsp3) is 0.270. The zero-order chi connectivity index (χ0) is 34.9. The fourth-order valence-corrected chi connectivity index (χ4v) is 7.19. The van der Waals surface area contributed by atoms with Crippen LogP contribution in [0.4, 0.5) is 0 Å². The molecular weight excluding hydrogens is 679 g/mol. The summed E-state index contributed by atoms with van der Waals surface area (Å²) in [6.07, 6.45) is 4.60. The highest BCUT2D eigenvalue weighted by Gasteiger charge is 2.33. The lowest BCUT2D eigenvalue weighted by atomic mass is 9.97. The van der Waals surface area contributed by atoms with E-state index in [0.717, 1.165) is 34.2 Å². The third-order valence-electron chi connectivity index (χ3n) is 9.28. The number of hydrogen-bond donors (Lipinski definition) is 3. The topological polar surface area (TPSA) is 138 Å². The molecule has 1 amide bonds. The minimum absolute atomic E-state index is 0.0566. The van der Waals surface area contributed by atoms with E-state index in [4.69, 9.17) is 32.9 Å². The summed E-state index contributed by atoms with van der Waals surface area (Å²) >= 11 is 14.1. The molecule has 50 heavy (non-hydrogen) atoms. The number of halogens is 2. The molecule has 256 valence electrons. The summed E-state index contributed by atoms with van der Waals surface area (Å²) in [4.78, 5) is 47.3. The first-order valence-electron chi connectivity index (χ1n) is 16.3. The molecular formula is C37H34Cl2N6O5. The van der Waals surface area contributed by atoms with Crippen molar-refractivity contribution in [2.75, 3.05) is 26.7 Å². The van der Waals surface area contributed by atoms with Crippen molar-refractivity contribution in [3.8, 4) is 39.4 Å². The summed E-state index contributed by atoms with van der Waals surface area (Å²) in [5.41, 5.74) is 6.05. The Bertz CT molecular complexity index is 2180. The number of carbonyl (C=O) groups excluding carboxylic acids is 1. The quantitative estimate of drug-likeness (QED) is 0.167. The van der Waals surface area contributed by atoms with Crippen LogP contribution in [0.15, 0.2) is 77.9 Å². The van der Waals surface area contributed by atoms with Gasteiger partial charge in [0.2, 0.25) is 11.8 Å². The number of amides is 1. The first-order valence-corrected chi connectivity index (χ1v) is 17.0. The van der Waals surface area contributed by atoms with Crippen molar-refractivity contribution in [3.63, 3.8) is 0 Å². The second-order valence-corrected chi connectivity index (χ2v) is 13.4. The maximum atomic E-state index is 13.2. The number of nitrogens with zero attached hydrogens (tertiary/aromatic N) is 4. The molecule has 2 fully saturated rings. The highest BCUT2D eigenvalue weighted by Crippen LogP contribution is 2.42. The molecule has 1 atom stereocenters. The van der Waals surface area contributed by atoms with Crippen LogP contribution in [0.5, 0.6) is 5.88 Å². The number of aromatic nitrogens is 3. The van der Waals surface area contributed by atoms with Crippen LogP contribution in [0.2, 0.25) is 10.0 Å². The average Bonchev–Trinajstić information content (AvgIpc) is 3.51. The molecule has 0 bridgehead atoms. The van der Waals surface area contributed by atoms with Crippen molar-refractivity contribution < 1.29 is 19.4 Å². The van der Waals surface area contributed by atoms with Gasteiger partial charge in [0.15, 0.2) is 0 Å². The molecule has 2 aromatic carbocycles. The number of fused-ring (bicyclic) bond motifs is 1. The van der Waals surface area contributed by atoms with Crippen LogP contribution in [-0.4, -0.2) is 69.0 Å². The third kappa shape index (κ3) is 6.69. The summed E-state index contributed by atoms with van der Waals surface area (Å²) in [5.74, 6) is -0.612. The Labute approximate surface area is 297 Å². The molecule has 5 heterocycles. The molecule has 2 saturated heterocycles. The van der Waals surface area contributed by atoms with Gasteiger partial charge < -0.3 is 20.5 Å². The monoisotopic (exact) mass is 712 g/mol. The SMILES string of the molecule is COc1nc(-c2cccc(-c3cccc(-c4ccn5c(=O)c(CNC[C@H]6CCC(=O)N6)cnc5c4)c3Cl)c2Cl)ccc1CN1CC(C(=O)O)C1. The third-order valence-corrected chi connectivity index (χ3v) is 10.1. The van der Waals surface area contributed by atoms with Gasteiger partial charge in [-0.25, -0.2) is 9.97 Å². The smallest absolute Gasteiger partial charge is 0.309 e. The highest BCUT2D eigenvalue weighted by molar-refractivity contribution is 6.39. The van der Waals surface area contributed by atoms with Crippen molar-refractivity contribution in [2.45, 2.75) is 32.0 Å². The summed E-state index contributed by atoms with van der Waals surface area (Å²) in [6, 6.07) is 19.0. The van der Waals surface area contributed by atoms with Crippen LogP contribution in [0.25, 0.3) is 39.2 Å². The Hall–Kier alpha value is -4.81. The lowest BCUT2D eigenvalue weighted by Crippen LogP contribution is -2.49. The molecule has 7 rings (SSSR count). The van der Waals surface area contributed by atoms with E-state index < -0.39 is 5.97 Å². The Kier molecular flexibility index (Phi) is 9.56. The average molecular weight is 714 g/mol. The van der Waals surface area contributed by atoms with E-state index in [1.807, 2.05) is 65.6 Å². The van der Waals surface area contributed by atoms with Crippen LogP contribution >= 0.6 is 23.2 Å². The van der Waals surface area contributed by atoms with E-state index in [0.29, 0.717) is 77.5 Å². The van der Waals surface area contributed by atoms with Crippen LogP contribution in [0.3, 0.4) is 0 Å². The lowest BCUT2D eigenvalue weighted by Gasteiger charge is -2.36. The number of ether oxygens (including phenoxy) is 1. The Morgan fingerprint density at radius 3 is 2.42 bits per heavy atom. The number of likely N-dealkylation sites (tertiary alicyclic amines) is 1. The summed E-state index contributed by atoms with van der Waals surface area (Å²) in [7, 11) is 1.56. The number of nitrogens with one attached hydrogen (secondary N) is 2. The normalized spacial score (nSPS) is 16.4. The molecule has 2 aliphatic rings. The van der Waals surface area contributed by atoms with E-state index in [2.05, 4.69) is 15.6 Å². The maximum absolute atomic E-state index is 13.2. The molecule has 3 aromatic heterocycles. The molecule has 0 saturated carbocycles. The molecule has 0 spiro atoms. The first kappa shape index (κ1) is 33.7. The Balaban J connectivity index is 1.12. The zero-order valence-corrected chi connectivity index (χ0v) is 28.7. The van der Waals surface area contributed by atoms with Gasteiger partial charge in [-0.1, -0.05) is 65.7 Å². The minimum atomic E-state index is -0.778. The number of carboxylic acids is 1. The van der Waals surface area contributed by atoms with Crippen molar-refractivity contribution in [3.05, 3.63) is 105 Å². The van der Waals surface area contributed by atoms with Crippen molar-refractivity contribution >= 4 is 40.7 Å². The van der Waals surface area contributed by atoms with Crippen molar-refractivity contribution in [1.29, 1.82) is 0 Å². The zero-order valence-electron chi connectivity index (χ0n) is 27.2. The van der Waals surface area contributed by atoms with Crippen LogP contribution in [-0.2, 0) is 22.7 Å². The van der Waals surface area contributed by atoms with Gasteiger partial charge in [-0.3, -0.25) is 23.7 Å². The largest absolute Gasteiger partial charge is 0.481 e. The number of benzene rings is 2. The van der Waals surface area contributed by atoms with Gasteiger partial charge in [0.1, 0.15) is 5.65 Å². The maximum Gasteiger partial charge on any atom is 0.309 e. The van der Waals surface area contributed by atoms with Gasteiger partial charge in [0, 0.05) is 91.0 Å². The number of rotatable bonds is 11. The predicted molar refractivity (Wildman–Crippen MR) is 191 cm³/mol. The number of hydrogen-bond acceptors (Lipinski definition) is 8. The molecule has 0 unspecified atom stereocenters. The summed E-state index contributed by atoms with van der Waals surface area (Å²) in [5, 5.41) is 16.3. The Morgan fingerprint density at radius 1 is 1.00 bits per heavy atom. The van der Waals surface area contributed by atoms with Gasteiger partial charge in [-0.2, -0.15) is 0 Å². The van der Waals surface area contributed by atoms with Gasteiger partial charge in [-0.15, -0.1) is 0 Å². The number of methoxy groups -OCH3 is 1. The van der Waals surface area contributed by atoms with E-state index in [1.165, 1.54) is 4.40 Å². The van der Waals surface area contributed by atoms with Gasteiger partial charge in [0.05, 0.1) is 28.8 Å². The number of carbonyl (C=O) groups is 2. The number of pyridine rings is 2. The second kappa shape index (κ2) is 14.2. The van der Waals surface area contributed by atoms with Crippen LogP contribution in [0.1, 0.15) is 24.0 Å². The molecule has 13 heteroatoms. The van der Waals surface area contributed by atoms with E-state index >= 15 is 0 Å². The molecule has 0 aliphatic carbocycles. The summed E-state index contributed by atoms with van der Waals surface area (Å²) in [6.45, 7) is 2.45. The van der Waals surface area contributed by atoms with Crippen LogP contribution < -0.4 is 20.9 Å². The number of aliphatic carboxylic acids is 1. The van der Waals surface area contributed by atoms with E-state index in [-0.39, 0.29) is 23.4 Å². The first-order chi connectivity index (χ1) is 24.2. The minimum Gasteiger partial charge on any atom is -0.481 e. The van der Waals surface area contributed by atoms with E-state index in [1.54, 1.807) is 19.5 Å². The standard InChI is InChI=1S/C37H34Cl2N6O5/c1-50-35-22(18-44-19-24(20-44)37(48)49)8-10-30(43-35)29-7-3-6-28(34(29)39)27-5-2-4-26(33(27)38)21-12-13-45-31(14-21)41-16-23(36(45)47)15-40-17-25-9-11-32(46)42-25/h2-8,10,12-14,16,24-25,40H,9,11,15,17-20H2,1H3,(H,42,46)(H,48,49)/t25-/m1/s1. The fourth-order valence-electron chi connectivity index (χ4n) is 6.53. The van der Waals surface area contributed by atoms with Crippen molar-refractivity contribution in [1.82, 2.24) is 29.9 Å². The molecule has 11 nitrogen and oxygen atoms in total.